The number of amides is 7. The Morgan fingerprint density at radius 2 is 1.12 bits per heavy atom. The number of nitrogens with zero attached hydrogens (tertiary/aromatic N) is 1. The van der Waals surface area contributed by atoms with Crippen LogP contribution in [0.15, 0.2) is 91.3 Å². The third kappa shape index (κ3) is 16.0. The maximum Gasteiger partial charge on any atom is 0.246 e. The zero-order valence-corrected chi connectivity index (χ0v) is 42.1. The number of H-pyrrole nitrogens is 2. The van der Waals surface area contributed by atoms with Crippen molar-refractivity contribution in [2.75, 3.05) is 19.6 Å². The molecule has 1 fully saturated rings. The fourth-order valence-corrected chi connectivity index (χ4v) is 9.61. The molecule has 2 aromatic heterocycles. The number of para-hydroxylation sites is 2. The molecule has 5 aromatic rings. The number of hydrogen-bond acceptors (Lipinski definition) is 9. The number of unbranched alkanes of at least 4 members (excludes halogenated alkanes) is 5. The van der Waals surface area contributed by atoms with Gasteiger partial charge in [-0.1, -0.05) is 92.9 Å². The van der Waals surface area contributed by atoms with Crippen molar-refractivity contribution < 1.29 is 33.6 Å². The van der Waals surface area contributed by atoms with Crippen molar-refractivity contribution in [3.05, 3.63) is 108 Å². The second-order valence-corrected chi connectivity index (χ2v) is 19.2. The fourth-order valence-electron chi connectivity index (χ4n) is 9.61. The van der Waals surface area contributed by atoms with Crippen LogP contribution >= 0.6 is 0 Å². The number of aromatic nitrogens is 2. The number of primary amides is 1. The van der Waals surface area contributed by atoms with E-state index in [1.54, 1.807) is 12.4 Å². The second-order valence-electron chi connectivity index (χ2n) is 19.2. The average molecular weight is 1000 g/mol. The van der Waals surface area contributed by atoms with Crippen LogP contribution in [-0.2, 0) is 52.8 Å². The quantitative estimate of drug-likeness (QED) is 0.0299. The van der Waals surface area contributed by atoms with E-state index < -0.39 is 71.7 Å². The minimum absolute atomic E-state index is 0.0376. The Balaban J connectivity index is 1.23. The van der Waals surface area contributed by atoms with Crippen molar-refractivity contribution in [2.45, 2.75) is 146 Å². The lowest BCUT2D eigenvalue weighted by Gasteiger charge is -2.31. The zero-order valence-electron chi connectivity index (χ0n) is 42.1. The van der Waals surface area contributed by atoms with Gasteiger partial charge in [0.15, 0.2) is 0 Å². The summed E-state index contributed by atoms with van der Waals surface area (Å²) in [7, 11) is 0. The molecule has 13 N–H and O–H groups in total. The molecule has 0 spiro atoms. The highest BCUT2D eigenvalue weighted by Gasteiger charge is 2.40. The molecule has 6 rings (SSSR count). The highest BCUT2D eigenvalue weighted by molar-refractivity contribution is 5.98. The first-order valence-electron chi connectivity index (χ1n) is 26.0. The number of nitrogens with two attached hydrogens (primary N) is 3. The number of fused-ring (bicyclic) bond motifs is 2. The molecule has 0 radical (unpaired) electrons. The van der Waals surface area contributed by atoms with Crippen molar-refractivity contribution in [1.82, 2.24) is 41.5 Å². The first kappa shape index (κ1) is 55.3. The van der Waals surface area contributed by atoms with E-state index in [1.807, 2.05) is 78.9 Å². The van der Waals surface area contributed by atoms with Gasteiger partial charge in [0, 0.05) is 66.4 Å². The van der Waals surface area contributed by atoms with E-state index in [4.69, 9.17) is 17.2 Å². The fraction of sp³-hybridized carbons (Fsp3) is 0.473. The minimum atomic E-state index is -1.20. The molecule has 0 aliphatic carbocycles. The molecule has 1 saturated heterocycles. The van der Waals surface area contributed by atoms with Crippen molar-refractivity contribution in [3.8, 4) is 0 Å². The molecule has 392 valence electrons. The number of benzene rings is 3. The summed E-state index contributed by atoms with van der Waals surface area (Å²) in [5.41, 5.74) is 21.5. The van der Waals surface area contributed by atoms with E-state index >= 15 is 0 Å². The lowest BCUT2D eigenvalue weighted by molar-refractivity contribution is -0.142. The van der Waals surface area contributed by atoms with Gasteiger partial charge in [-0.15, -0.1) is 0 Å². The number of carbonyl (C=O) groups is 7. The van der Waals surface area contributed by atoms with Crippen LogP contribution in [0.4, 0.5) is 0 Å². The number of hydrogen-bond donors (Lipinski definition) is 10. The lowest BCUT2D eigenvalue weighted by Crippen LogP contribution is -2.60. The Hall–Kier alpha value is -7.05. The van der Waals surface area contributed by atoms with Gasteiger partial charge in [-0.3, -0.25) is 33.6 Å². The molecule has 73 heavy (non-hydrogen) atoms. The third-order valence-electron chi connectivity index (χ3n) is 13.7. The Morgan fingerprint density at radius 1 is 0.589 bits per heavy atom. The van der Waals surface area contributed by atoms with Crippen LogP contribution in [0.3, 0.4) is 0 Å². The Kier molecular flexibility index (Phi) is 21.4. The Morgan fingerprint density at radius 3 is 1.71 bits per heavy atom. The topological polar surface area (TPSA) is 293 Å². The summed E-state index contributed by atoms with van der Waals surface area (Å²) >= 11 is 0. The molecule has 7 amide bonds. The van der Waals surface area contributed by atoms with Gasteiger partial charge in [0.2, 0.25) is 41.4 Å². The third-order valence-corrected chi connectivity index (χ3v) is 13.7. The molecule has 6 atom stereocenters. The molecular formula is C55H75N11O7. The van der Waals surface area contributed by atoms with E-state index in [1.165, 1.54) is 4.90 Å². The predicted octanol–water partition coefficient (Wildman–Crippen LogP) is 3.81. The molecule has 3 aromatic carbocycles. The summed E-state index contributed by atoms with van der Waals surface area (Å²) in [6.45, 7) is 3.05. The monoisotopic (exact) mass is 1000 g/mol. The summed E-state index contributed by atoms with van der Waals surface area (Å²) in [5, 5.41) is 16.2. The Bertz CT molecular complexity index is 2620. The zero-order chi connectivity index (χ0) is 52.1. The normalized spacial score (nSPS) is 15.5. The lowest BCUT2D eigenvalue weighted by atomic mass is 10.0. The molecule has 18 nitrogen and oxygen atoms in total. The van der Waals surface area contributed by atoms with E-state index in [2.05, 4.69) is 43.5 Å². The largest absolute Gasteiger partial charge is 0.368 e. The predicted molar refractivity (Wildman–Crippen MR) is 282 cm³/mol. The number of carbonyl (C=O) groups excluding carboxylic acids is 7. The standard InChI is InChI=1S/C55H75N11O7/c1-2-3-4-8-27-49(67)61-43(24-13-15-28-56)51(69)64-46(31-36-18-6-5-7-19-36)53(71)62-44(25-14-16-29-57)52(70)65-47(33-38-35-60-42-23-12-10-21-40(38)42)55(73)66-30-17-26-48(66)54(72)63-45(50(58)68)32-37-34-59-41-22-11-9-20-39(37)41/h5-7,9-12,18-23,34-35,43-48,59-60H,2-4,8,13-17,24-33,56-57H2,1H3,(H2,58,68)(H,61,67)(H,62,71)(H,63,72)(H,64,69)(H,65,70)/t43-,44-,45-,46-,47-,48-/m0/s1. The van der Waals surface area contributed by atoms with E-state index in [-0.39, 0.29) is 44.6 Å². The van der Waals surface area contributed by atoms with Crippen LogP contribution in [0.2, 0.25) is 0 Å². The van der Waals surface area contributed by atoms with Gasteiger partial charge in [0.25, 0.3) is 0 Å². The van der Waals surface area contributed by atoms with Gasteiger partial charge in [0.1, 0.15) is 36.3 Å². The van der Waals surface area contributed by atoms with Crippen molar-refractivity contribution in [3.63, 3.8) is 0 Å². The van der Waals surface area contributed by atoms with Crippen LogP contribution < -0.4 is 43.8 Å². The van der Waals surface area contributed by atoms with Gasteiger partial charge in [-0.05, 0) is 99.7 Å². The summed E-state index contributed by atoms with van der Waals surface area (Å²) in [5.74, 6) is -3.85. The van der Waals surface area contributed by atoms with E-state index in [0.717, 1.165) is 57.8 Å². The second kappa shape index (κ2) is 28.3. The van der Waals surface area contributed by atoms with Gasteiger partial charge in [-0.2, -0.15) is 0 Å². The molecule has 3 heterocycles. The van der Waals surface area contributed by atoms with Gasteiger partial charge < -0.3 is 58.7 Å². The summed E-state index contributed by atoms with van der Waals surface area (Å²) in [6.07, 6.45) is 11.2. The smallest absolute Gasteiger partial charge is 0.246 e. The molecule has 0 saturated carbocycles. The molecule has 1 aliphatic heterocycles. The number of aromatic amines is 2. The molecule has 0 unspecified atom stereocenters. The summed E-state index contributed by atoms with van der Waals surface area (Å²) in [6, 6.07) is 17.8. The summed E-state index contributed by atoms with van der Waals surface area (Å²) < 4.78 is 0. The maximum absolute atomic E-state index is 15.0. The maximum atomic E-state index is 15.0. The van der Waals surface area contributed by atoms with Crippen molar-refractivity contribution in [1.29, 1.82) is 0 Å². The van der Waals surface area contributed by atoms with Crippen molar-refractivity contribution in [2.24, 2.45) is 17.2 Å². The molecule has 1 aliphatic rings. The van der Waals surface area contributed by atoms with Crippen LogP contribution in [0, 0.1) is 0 Å². The van der Waals surface area contributed by atoms with Gasteiger partial charge >= 0.3 is 0 Å². The molecular weight excluding hydrogens is 927 g/mol. The molecule has 0 bridgehead atoms. The van der Waals surface area contributed by atoms with Crippen LogP contribution in [0.1, 0.15) is 107 Å². The van der Waals surface area contributed by atoms with Gasteiger partial charge in [0.05, 0.1) is 0 Å². The van der Waals surface area contributed by atoms with Crippen molar-refractivity contribution >= 4 is 63.2 Å². The number of rotatable bonds is 30. The highest BCUT2D eigenvalue weighted by atomic mass is 16.2. The van der Waals surface area contributed by atoms with E-state index in [9.17, 15) is 33.6 Å². The van der Waals surface area contributed by atoms with Crippen LogP contribution in [-0.4, -0.2) is 112 Å². The highest BCUT2D eigenvalue weighted by Crippen LogP contribution is 2.25. The summed E-state index contributed by atoms with van der Waals surface area (Å²) in [4.78, 5) is 106. The number of likely N-dealkylation sites (tertiary alicyclic amines) is 1. The SMILES string of the molecule is CCCCCCC(=O)N[C@@H](CCCCN)C(=O)N[C@@H](Cc1ccccc1)C(=O)N[C@@H](CCCCN)C(=O)N[C@@H](Cc1c[nH]c2ccccc12)C(=O)N1CCC[C@H]1C(=O)N[C@@H](Cc1c[nH]c2ccccc12)C(N)=O. The minimum Gasteiger partial charge on any atom is -0.368 e. The first-order chi connectivity index (χ1) is 35.4. The molecule has 18 heteroatoms. The van der Waals surface area contributed by atoms with Gasteiger partial charge in [-0.25, -0.2) is 0 Å². The average Bonchev–Trinajstić information content (AvgIpc) is 4.16. The number of nitrogens with one attached hydrogen (secondary N) is 7. The van der Waals surface area contributed by atoms with E-state index in [0.29, 0.717) is 64.5 Å². The Labute approximate surface area is 427 Å². The first-order valence-corrected chi connectivity index (χ1v) is 26.0. The van der Waals surface area contributed by atoms with Crippen LogP contribution in [0.5, 0.6) is 0 Å². The van der Waals surface area contributed by atoms with Crippen LogP contribution in [0.25, 0.3) is 21.8 Å².